The minimum absolute atomic E-state index is 0.185. The van der Waals surface area contributed by atoms with Gasteiger partial charge >= 0.3 is 0 Å². The van der Waals surface area contributed by atoms with Crippen LogP contribution in [0.2, 0.25) is 0 Å². The molecule has 2 aliphatic rings. The molecule has 1 N–H and O–H groups in total. The van der Waals surface area contributed by atoms with Gasteiger partial charge in [0.15, 0.2) is 9.84 Å². The van der Waals surface area contributed by atoms with E-state index in [9.17, 15) is 8.42 Å². The van der Waals surface area contributed by atoms with Crippen molar-refractivity contribution in [1.29, 1.82) is 0 Å². The number of hydrogen-bond acceptors (Lipinski definition) is 3. The predicted molar refractivity (Wildman–Crippen MR) is 54.5 cm³/mol. The van der Waals surface area contributed by atoms with Gasteiger partial charge in [-0.25, -0.2) is 8.42 Å². The minimum Gasteiger partial charge on any atom is -0.317 e. The lowest BCUT2D eigenvalue weighted by Gasteiger charge is -2.44. The fourth-order valence-electron chi connectivity index (χ4n) is 2.14. The first-order chi connectivity index (χ1) is 6.12. The Morgan fingerprint density at radius 3 is 1.92 bits per heavy atom. The van der Waals surface area contributed by atoms with Crippen molar-refractivity contribution in [1.82, 2.24) is 5.32 Å². The van der Waals surface area contributed by atoms with Crippen LogP contribution in [0.15, 0.2) is 0 Å². The van der Waals surface area contributed by atoms with Gasteiger partial charge in [-0.05, 0) is 25.9 Å². The van der Waals surface area contributed by atoms with E-state index in [0.29, 0.717) is 11.5 Å². The van der Waals surface area contributed by atoms with Gasteiger partial charge in [-0.15, -0.1) is 0 Å². The van der Waals surface area contributed by atoms with Gasteiger partial charge in [-0.2, -0.15) is 0 Å². The Kier molecular flexibility index (Phi) is 3.35. The van der Waals surface area contributed by atoms with Crippen LogP contribution in [0.5, 0.6) is 0 Å². The highest BCUT2D eigenvalue weighted by Gasteiger charge is 2.48. The van der Waals surface area contributed by atoms with Crippen LogP contribution in [0, 0.1) is 5.41 Å². The van der Waals surface area contributed by atoms with Crippen molar-refractivity contribution in [2.24, 2.45) is 5.41 Å². The highest BCUT2D eigenvalue weighted by Crippen LogP contribution is 2.40. The molecule has 0 amide bonds. The molecule has 0 radical (unpaired) electrons. The van der Waals surface area contributed by atoms with Gasteiger partial charge in [0, 0.05) is 5.41 Å². The Morgan fingerprint density at radius 1 is 1.08 bits per heavy atom. The Bertz CT molecular complexity index is 239. The predicted octanol–water partition coefficient (Wildman–Crippen LogP) is 0.811. The lowest BCUT2D eigenvalue weighted by molar-refractivity contribution is 0.240. The number of rotatable bonds is 0. The summed E-state index contributed by atoms with van der Waals surface area (Å²) < 4.78 is 21.9. The van der Waals surface area contributed by atoms with E-state index in [1.54, 1.807) is 0 Å². The van der Waals surface area contributed by atoms with E-state index in [2.05, 4.69) is 5.32 Å². The zero-order chi connectivity index (χ0) is 9.95. The van der Waals surface area contributed by atoms with Gasteiger partial charge in [0.05, 0.1) is 11.5 Å². The summed E-state index contributed by atoms with van der Waals surface area (Å²) in [5.41, 5.74) is 0.185. The van der Waals surface area contributed by atoms with Crippen molar-refractivity contribution in [2.45, 2.75) is 26.7 Å². The minimum atomic E-state index is -2.62. The Morgan fingerprint density at radius 2 is 1.54 bits per heavy atom. The molecule has 2 saturated heterocycles. The summed E-state index contributed by atoms with van der Waals surface area (Å²) in [6.45, 7) is 5.99. The van der Waals surface area contributed by atoms with Crippen molar-refractivity contribution in [3.8, 4) is 0 Å². The topological polar surface area (TPSA) is 46.2 Å². The third-order valence-electron chi connectivity index (χ3n) is 2.72. The third kappa shape index (κ3) is 2.44. The largest absolute Gasteiger partial charge is 0.317 e. The normalized spacial score (nSPS) is 28.5. The summed E-state index contributed by atoms with van der Waals surface area (Å²) in [5, 5.41) is 3.24. The zero-order valence-electron chi connectivity index (χ0n) is 8.47. The first-order valence-corrected chi connectivity index (χ1v) is 6.85. The van der Waals surface area contributed by atoms with Gasteiger partial charge < -0.3 is 5.32 Å². The molecule has 2 aliphatic heterocycles. The molecule has 0 unspecified atom stereocenters. The van der Waals surface area contributed by atoms with Gasteiger partial charge in [0.1, 0.15) is 0 Å². The van der Waals surface area contributed by atoms with E-state index in [4.69, 9.17) is 0 Å². The van der Waals surface area contributed by atoms with Crippen LogP contribution in [-0.4, -0.2) is 33.0 Å². The molecule has 13 heavy (non-hydrogen) atoms. The average Bonchev–Trinajstić information content (AvgIpc) is 2.06. The van der Waals surface area contributed by atoms with Gasteiger partial charge in [0.2, 0.25) is 0 Å². The molecule has 0 saturated carbocycles. The smallest absolute Gasteiger partial charge is 0.151 e. The molecule has 2 fully saturated rings. The van der Waals surface area contributed by atoms with Crippen LogP contribution in [0.1, 0.15) is 26.7 Å². The monoisotopic (exact) mass is 205 g/mol. The lowest BCUT2D eigenvalue weighted by atomic mass is 9.82. The van der Waals surface area contributed by atoms with E-state index in [0.717, 1.165) is 25.9 Å². The fourth-order valence-corrected chi connectivity index (χ4v) is 4.50. The molecule has 3 nitrogen and oxygen atoms in total. The summed E-state index contributed by atoms with van der Waals surface area (Å²) in [6, 6.07) is 0. The second-order valence-electron chi connectivity index (χ2n) is 3.78. The summed E-state index contributed by atoms with van der Waals surface area (Å²) in [7, 11) is -2.62. The molecule has 2 rings (SSSR count). The van der Waals surface area contributed by atoms with Crippen LogP contribution < -0.4 is 5.32 Å². The van der Waals surface area contributed by atoms with Crippen LogP contribution in [0.3, 0.4) is 0 Å². The highest BCUT2D eigenvalue weighted by atomic mass is 32.2. The van der Waals surface area contributed by atoms with Gasteiger partial charge in [-0.1, -0.05) is 13.8 Å². The Balaban J connectivity index is 0.000000396. The quantitative estimate of drug-likeness (QED) is 0.636. The second-order valence-corrected chi connectivity index (χ2v) is 5.85. The highest BCUT2D eigenvalue weighted by molar-refractivity contribution is 7.92. The molecule has 0 aromatic carbocycles. The van der Waals surface area contributed by atoms with Crippen molar-refractivity contribution in [3.63, 3.8) is 0 Å². The van der Waals surface area contributed by atoms with Crippen molar-refractivity contribution >= 4 is 9.84 Å². The fraction of sp³-hybridized carbons (Fsp3) is 1.00. The Hall–Kier alpha value is -0.0900. The first-order valence-electron chi connectivity index (χ1n) is 5.03. The lowest BCUT2D eigenvalue weighted by Crippen LogP contribution is -2.53. The number of piperidine rings is 1. The van der Waals surface area contributed by atoms with Crippen molar-refractivity contribution in [3.05, 3.63) is 0 Å². The molecule has 0 aromatic rings. The van der Waals surface area contributed by atoms with Gasteiger partial charge in [0.25, 0.3) is 0 Å². The molecule has 0 atom stereocenters. The first kappa shape index (κ1) is 11.0. The zero-order valence-corrected chi connectivity index (χ0v) is 9.28. The maximum absolute atomic E-state index is 10.9. The van der Waals surface area contributed by atoms with E-state index >= 15 is 0 Å². The van der Waals surface area contributed by atoms with Crippen LogP contribution >= 0.6 is 0 Å². The molecular formula is C9H19NO2S. The second kappa shape index (κ2) is 3.96. The molecular weight excluding hydrogens is 186 g/mol. The SMILES string of the molecule is CC.O=S1(=O)CC2(CCNCC2)C1. The van der Waals surface area contributed by atoms with E-state index in [1.165, 1.54) is 0 Å². The molecule has 0 aliphatic carbocycles. The van der Waals surface area contributed by atoms with Gasteiger partial charge in [-0.3, -0.25) is 0 Å². The summed E-state index contributed by atoms with van der Waals surface area (Å²) in [5.74, 6) is 0.892. The molecule has 0 aromatic heterocycles. The molecule has 4 heteroatoms. The van der Waals surface area contributed by atoms with Crippen molar-refractivity contribution < 1.29 is 8.42 Å². The van der Waals surface area contributed by atoms with Crippen LogP contribution in [0.25, 0.3) is 0 Å². The number of nitrogens with one attached hydrogen (secondary N) is 1. The van der Waals surface area contributed by atoms with Crippen molar-refractivity contribution in [2.75, 3.05) is 24.6 Å². The molecule has 78 valence electrons. The van der Waals surface area contributed by atoms with Crippen LogP contribution in [-0.2, 0) is 9.84 Å². The summed E-state index contributed by atoms with van der Waals surface area (Å²) in [6.07, 6.45) is 2.10. The summed E-state index contributed by atoms with van der Waals surface area (Å²) in [4.78, 5) is 0. The average molecular weight is 205 g/mol. The van der Waals surface area contributed by atoms with Crippen LogP contribution in [0.4, 0.5) is 0 Å². The molecule has 0 bridgehead atoms. The molecule has 2 heterocycles. The Labute approximate surface area is 80.8 Å². The van der Waals surface area contributed by atoms with E-state index in [-0.39, 0.29) is 5.41 Å². The standard InChI is InChI=1S/C7H13NO2S.C2H6/c9-11(10)5-7(6-11)1-3-8-4-2-7;1-2/h8H,1-6H2;1-2H3. The number of hydrogen-bond donors (Lipinski definition) is 1. The maximum atomic E-state index is 10.9. The summed E-state index contributed by atoms with van der Waals surface area (Å²) >= 11 is 0. The van der Waals surface area contributed by atoms with E-state index < -0.39 is 9.84 Å². The van der Waals surface area contributed by atoms with E-state index in [1.807, 2.05) is 13.8 Å². The third-order valence-corrected chi connectivity index (χ3v) is 4.82. The number of sulfone groups is 1. The maximum Gasteiger partial charge on any atom is 0.151 e. The molecule has 1 spiro atoms.